The van der Waals surface area contributed by atoms with Gasteiger partial charge in [0.15, 0.2) is 0 Å². The van der Waals surface area contributed by atoms with Gasteiger partial charge in [-0.25, -0.2) is 0 Å². The van der Waals surface area contributed by atoms with E-state index < -0.39 is 0 Å². The third-order valence-corrected chi connectivity index (χ3v) is 7.90. The Morgan fingerprint density at radius 2 is 1.26 bits per heavy atom. The minimum Gasteiger partial charge on any atom is -0.375 e. The molecule has 2 aliphatic carbocycles. The maximum atomic E-state index is 6.34. The molecule has 160 valence electrons. The molecule has 0 spiro atoms. The smallest absolute Gasteiger partial charge is 0.0682 e. The fraction of sp³-hybridized carbons (Fsp3) is 1.00. The Labute approximate surface area is 171 Å². The summed E-state index contributed by atoms with van der Waals surface area (Å²) in [6.45, 7) is 7.72. The van der Waals surface area contributed by atoms with Gasteiger partial charge in [-0.05, 0) is 69.6 Å². The zero-order chi connectivity index (χ0) is 19.4. The summed E-state index contributed by atoms with van der Waals surface area (Å²) >= 11 is 0. The van der Waals surface area contributed by atoms with Crippen molar-refractivity contribution in [3.05, 3.63) is 0 Å². The molecule has 1 heteroatoms. The molecule has 0 amide bonds. The van der Waals surface area contributed by atoms with Crippen LogP contribution in [0.1, 0.15) is 136 Å². The monoisotopic (exact) mass is 378 g/mol. The molecule has 2 fully saturated rings. The second-order valence-corrected chi connectivity index (χ2v) is 9.89. The van der Waals surface area contributed by atoms with Crippen molar-refractivity contribution in [1.82, 2.24) is 0 Å². The molecule has 2 saturated carbocycles. The molecule has 2 rings (SSSR count). The first-order valence-electron chi connectivity index (χ1n) is 12.9. The van der Waals surface area contributed by atoms with Gasteiger partial charge in [-0.1, -0.05) is 84.5 Å². The molecule has 0 saturated heterocycles. The molecule has 0 atom stereocenters. The van der Waals surface area contributed by atoms with Crippen LogP contribution in [-0.4, -0.2) is 12.2 Å². The third kappa shape index (κ3) is 8.08. The summed E-state index contributed by atoms with van der Waals surface area (Å²) in [4.78, 5) is 0. The molecule has 0 aromatic carbocycles. The van der Waals surface area contributed by atoms with Gasteiger partial charge in [0, 0.05) is 6.61 Å². The lowest BCUT2D eigenvalue weighted by Crippen LogP contribution is -2.39. The Balaban J connectivity index is 1.66. The predicted molar refractivity (Wildman–Crippen MR) is 119 cm³/mol. The summed E-state index contributed by atoms with van der Waals surface area (Å²) in [6, 6.07) is 0. The van der Waals surface area contributed by atoms with Gasteiger partial charge in [-0.15, -0.1) is 0 Å². The minimum atomic E-state index is 0.246. The number of rotatable bonds is 13. The highest BCUT2D eigenvalue weighted by molar-refractivity contribution is 4.90. The van der Waals surface area contributed by atoms with Gasteiger partial charge in [-0.3, -0.25) is 0 Å². The van der Waals surface area contributed by atoms with Crippen LogP contribution in [0.4, 0.5) is 0 Å². The van der Waals surface area contributed by atoms with Gasteiger partial charge in [-0.2, -0.15) is 0 Å². The van der Waals surface area contributed by atoms with Gasteiger partial charge in [0.25, 0.3) is 0 Å². The van der Waals surface area contributed by atoms with Crippen molar-refractivity contribution < 1.29 is 4.74 Å². The van der Waals surface area contributed by atoms with E-state index in [0.717, 1.165) is 24.4 Å². The molecule has 1 nitrogen and oxygen atoms in total. The van der Waals surface area contributed by atoms with Crippen LogP contribution < -0.4 is 0 Å². The second kappa shape index (κ2) is 13.2. The largest absolute Gasteiger partial charge is 0.375 e. The third-order valence-electron chi connectivity index (χ3n) is 7.90. The fourth-order valence-corrected chi connectivity index (χ4v) is 6.09. The highest BCUT2D eigenvalue weighted by Crippen LogP contribution is 2.45. The highest BCUT2D eigenvalue weighted by atomic mass is 16.5. The Morgan fingerprint density at radius 3 is 1.89 bits per heavy atom. The molecule has 0 bridgehead atoms. The van der Waals surface area contributed by atoms with Gasteiger partial charge in [0.1, 0.15) is 0 Å². The number of hydrogen-bond acceptors (Lipinski definition) is 1. The van der Waals surface area contributed by atoms with E-state index in [1.54, 1.807) is 0 Å². The van der Waals surface area contributed by atoms with Crippen molar-refractivity contribution >= 4 is 0 Å². The van der Waals surface area contributed by atoms with E-state index in [4.69, 9.17) is 4.74 Å². The van der Waals surface area contributed by atoms with E-state index in [0.29, 0.717) is 0 Å². The summed E-state index contributed by atoms with van der Waals surface area (Å²) in [5.74, 6) is 3.11. The molecule has 2 aliphatic rings. The standard InChI is InChI=1S/C26H50O/c1-4-7-9-10-11-13-23-14-16-24(17-15-23)25-18-21-26(22-19-25,27-6-3)20-12-8-5-2/h23-25H,4-22H2,1-3H3/t23?,24?,25-,26+. The topological polar surface area (TPSA) is 9.23 Å². The molecular weight excluding hydrogens is 328 g/mol. The van der Waals surface area contributed by atoms with Crippen molar-refractivity contribution in [2.24, 2.45) is 17.8 Å². The second-order valence-electron chi connectivity index (χ2n) is 9.89. The summed E-state index contributed by atoms with van der Waals surface area (Å²) in [7, 11) is 0. The van der Waals surface area contributed by atoms with Crippen LogP contribution >= 0.6 is 0 Å². The molecule has 27 heavy (non-hydrogen) atoms. The van der Waals surface area contributed by atoms with E-state index >= 15 is 0 Å². The van der Waals surface area contributed by atoms with Gasteiger partial charge >= 0.3 is 0 Å². The first-order valence-corrected chi connectivity index (χ1v) is 12.9. The Bertz CT molecular complexity index is 347. The first-order chi connectivity index (χ1) is 13.2. The van der Waals surface area contributed by atoms with Crippen LogP contribution in [0.5, 0.6) is 0 Å². The van der Waals surface area contributed by atoms with E-state index in [2.05, 4.69) is 20.8 Å². The first kappa shape index (κ1) is 23.2. The summed E-state index contributed by atoms with van der Waals surface area (Å²) < 4.78 is 6.34. The Morgan fingerprint density at radius 1 is 0.667 bits per heavy atom. The molecular formula is C26H50O. The van der Waals surface area contributed by atoms with Crippen LogP contribution in [0, 0.1) is 17.8 Å². The zero-order valence-corrected chi connectivity index (χ0v) is 19.1. The fourth-order valence-electron chi connectivity index (χ4n) is 6.09. The van der Waals surface area contributed by atoms with E-state index in [-0.39, 0.29) is 5.60 Å². The van der Waals surface area contributed by atoms with E-state index in [1.807, 2.05) is 0 Å². The van der Waals surface area contributed by atoms with Crippen LogP contribution in [0.15, 0.2) is 0 Å². The van der Waals surface area contributed by atoms with Crippen molar-refractivity contribution in [3.8, 4) is 0 Å². The highest BCUT2D eigenvalue weighted by Gasteiger charge is 2.38. The van der Waals surface area contributed by atoms with Crippen molar-refractivity contribution in [2.75, 3.05) is 6.61 Å². The van der Waals surface area contributed by atoms with Gasteiger partial charge in [0.2, 0.25) is 0 Å². The molecule has 0 aliphatic heterocycles. The molecule has 0 heterocycles. The van der Waals surface area contributed by atoms with Crippen molar-refractivity contribution in [2.45, 2.75) is 142 Å². The quantitative estimate of drug-likeness (QED) is 0.291. The average molecular weight is 379 g/mol. The molecule has 0 N–H and O–H groups in total. The average Bonchev–Trinajstić information content (AvgIpc) is 2.70. The predicted octanol–water partition coefficient (Wildman–Crippen LogP) is 8.70. The lowest BCUT2D eigenvalue weighted by atomic mass is 9.67. The van der Waals surface area contributed by atoms with Crippen LogP contribution in [0.25, 0.3) is 0 Å². The van der Waals surface area contributed by atoms with Crippen molar-refractivity contribution in [3.63, 3.8) is 0 Å². The lowest BCUT2D eigenvalue weighted by Gasteiger charge is -2.44. The Hall–Kier alpha value is -0.0400. The molecule has 0 unspecified atom stereocenters. The van der Waals surface area contributed by atoms with Crippen molar-refractivity contribution in [1.29, 1.82) is 0 Å². The van der Waals surface area contributed by atoms with Crippen LogP contribution in [-0.2, 0) is 4.74 Å². The molecule has 0 radical (unpaired) electrons. The number of ether oxygens (including phenoxy) is 1. The van der Waals surface area contributed by atoms with E-state index in [1.165, 1.54) is 116 Å². The normalized spacial score (nSPS) is 31.9. The van der Waals surface area contributed by atoms with E-state index in [9.17, 15) is 0 Å². The van der Waals surface area contributed by atoms with Gasteiger partial charge < -0.3 is 4.74 Å². The zero-order valence-electron chi connectivity index (χ0n) is 19.1. The summed E-state index contributed by atoms with van der Waals surface area (Å²) in [5, 5.41) is 0. The Kier molecular flexibility index (Phi) is 11.4. The number of hydrogen-bond donors (Lipinski definition) is 0. The van der Waals surface area contributed by atoms with Crippen LogP contribution in [0.2, 0.25) is 0 Å². The number of unbranched alkanes of at least 4 members (excludes halogenated alkanes) is 6. The summed E-state index contributed by atoms with van der Waals surface area (Å²) in [6.07, 6.45) is 25.8. The lowest BCUT2D eigenvalue weighted by molar-refractivity contribution is -0.0855. The summed E-state index contributed by atoms with van der Waals surface area (Å²) in [5.41, 5.74) is 0.246. The SMILES string of the molecule is CCCCCCCC1CCC([C@H]2CC[C@@](CCCCC)(OCC)CC2)CC1. The molecule has 0 aromatic heterocycles. The maximum absolute atomic E-state index is 6.34. The van der Waals surface area contributed by atoms with Crippen LogP contribution in [0.3, 0.4) is 0 Å². The molecule has 0 aromatic rings. The van der Waals surface area contributed by atoms with Gasteiger partial charge in [0.05, 0.1) is 5.60 Å². The minimum absolute atomic E-state index is 0.246. The maximum Gasteiger partial charge on any atom is 0.0682 e.